The minimum Gasteiger partial charge on any atom is -0.497 e. The topological polar surface area (TPSA) is 48.0 Å². The summed E-state index contributed by atoms with van der Waals surface area (Å²) in [5, 5.41) is 0. The summed E-state index contributed by atoms with van der Waals surface area (Å²) in [5.41, 5.74) is 0.786. The van der Waals surface area contributed by atoms with Gasteiger partial charge in [-0.25, -0.2) is 0 Å². The maximum absolute atomic E-state index is 12.5. The highest BCUT2D eigenvalue weighted by atomic mass is 16.5. The van der Waals surface area contributed by atoms with Crippen LogP contribution in [0.4, 0.5) is 5.69 Å². The van der Waals surface area contributed by atoms with Gasteiger partial charge in [-0.15, -0.1) is 0 Å². The molecule has 1 aliphatic heterocycles. The second-order valence-electron chi connectivity index (χ2n) is 5.36. The zero-order valence-electron chi connectivity index (χ0n) is 13.2. The van der Waals surface area contributed by atoms with E-state index in [1.54, 1.807) is 36.3 Å². The summed E-state index contributed by atoms with van der Waals surface area (Å²) >= 11 is 0. The molecule has 0 unspecified atom stereocenters. The summed E-state index contributed by atoms with van der Waals surface area (Å²) in [7, 11) is 1.61. The van der Waals surface area contributed by atoms with Crippen LogP contribution < -0.4 is 19.1 Å². The summed E-state index contributed by atoms with van der Waals surface area (Å²) in [6.07, 6.45) is -0.0464. The van der Waals surface area contributed by atoms with E-state index in [2.05, 4.69) is 0 Å². The fraction of sp³-hybridized carbons (Fsp3) is 0.278. The van der Waals surface area contributed by atoms with Crippen LogP contribution in [0.25, 0.3) is 0 Å². The lowest BCUT2D eigenvalue weighted by Crippen LogP contribution is -2.44. The number of anilines is 1. The lowest BCUT2D eigenvalue weighted by molar-refractivity contribution is -0.121. The van der Waals surface area contributed by atoms with E-state index >= 15 is 0 Å². The first kappa shape index (κ1) is 15.2. The number of hydrogen-bond donors (Lipinski definition) is 0. The van der Waals surface area contributed by atoms with Crippen LogP contribution in [-0.4, -0.2) is 32.3 Å². The number of rotatable bonds is 4. The number of para-hydroxylation sites is 2. The summed E-state index contributed by atoms with van der Waals surface area (Å²) < 4.78 is 16.4. The molecule has 0 saturated heterocycles. The van der Waals surface area contributed by atoms with Crippen LogP contribution in [0.5, 0.6) is 17.2 Å². The van der Waals surface area contributed by atoms with Crippen molar-refractivity contribution < 1.29 is 19.0 Å². The molecule has 5 nitrogen and oxygen atoms in total. The Bertz CT molecular complexity index is 684. The molecule has 120 valence electrons. The number of fused-ring (bicyclic) bond motifs is 1. The minimum atomic E-state index is -0.0941. The monoisotopic (exact) mass is 313 g/mol. The predicted molar refractivity (Wildman–Crippen MR) is 87.4 cm³/mol. The Balaban J connectivity index is 1.68. The normalized spacial score (nSPS) is 16.3. The van der Waals surface area contributed by atoms with Gasteiger partial charge in [0, 0.05) is 0 Å². The highest BCUT2D eigenvalue weighted by Crippen LogP contribution is 2.33. The molecule has 1 amide bonds. The number of benzene rings is 2. The molecule has 0 aromatic heterocycles. The maximum Gasteiger partial charge on any atom is 0.265 e. The molecular weight excluding hydrogens is 294 g/mol. The number of carbonyl (C=O) groups excluding carboxylic acids is 1. The Morgan fingerprint density at radius 3 is 2.61 bits per heavy atom. The molecule has 5 heteroatoms. The summed E-state index contributed by atoms with van der Waals surface area (Å²) in [5.74, 6) is 2.01. The lowest BCUT2D eigenvalue weighted by atomic mass is 10.2. The van der Waals surface area contributed by atoms with Crippen molar-refractivity contribution in [2.45, 2.75) is 13.0 Å². The van der Waals surface area contributed by atoms with Crippen molar-refractivity contribution in [2.24, 2.45) is 0 Å². The zero-order chi connectivity index (χ0) is 16.2. The van der Waals surface area contributed by atoms with Crippen molar-refractivity contribution in [3.8, 4) is 17.2 Å². The van der Waals surface area contributed by atoms with E-state index < -0.39 is 0 Å². The average Bonchev–Trinajstić information content (AvgIpc) is 2.59. The fourth-order valence-electron chi connectivity index (χ4n) is 2.52. The molecule has 0 aliphatic carbocycles. The molecule has 0 saturated carbocycles. The minimum absolute atomic E-state index is 0.0205. The number of carbonyl (C=O) groups is 1. The van der Waals surface area contributed by atoms with Crippen LogP contribution in [0.1, 0.15) is 6.92 Å². The van der Waals surface area contributed by atoms with E-state index in [0.29, 0.717) is 12.3 Å². The highest BCUT2D eigenvalue weighted by Gasteiger charge is 2.27. The van der Waals surface area contributed by atoms with Gasteiger partial charge in [0.05, 0.1) is 19.3 Å². The van der Waals surface area contributed by atoms with E-state index in [4.69, 9.17) is 14.2 Å². The van der Waals surface area contributed by atoms with Gasteiger partial charge in [-0.2, -0.15) is 0 Å². The number of methoxy groups -OCH3 is 1. The van der Waals surface area contributed by atoms with Crippen molar-refractivity contribution >= 4 is 11.6 Å². The Morgan fingerprint density at radius 1 is 1.17 bits per heavy atom. The fourth-order valence-corrected chi connectivity index (χ4v) is 2.52. The SMILES string of the molecule is COc1ccc(OCC(=O)N2C[C@H](C)Oc3ccccc32)cc1. The molecule has 23 heavy (non-hydrogen) atoms. The van der Waals surface area contributed by atoms with Crippen molar-refractivity contribution in [3.05, 3.63) is 48.5 Å². The van der Waals surface area contributed by atoms with Crippen LogP contribution >= 0.6 is 0 Å². The van der Waals surface area contributed by atoms with Gasteiger partial charge < -0.3 is 19.1 Å². The molecular formula is C18H19NO4. The van der Waals surface area contributed by atoms with Gasteiger partial charge in [0.2, 0.25) is 0 Å². The Labute approximate surface area is 135 Å². The molecule has 2 aromatic carbocycles. The van der Waals surface area contributed by atoms with Gasteiger partial charge in [-0.3, -0.25) is 4.79 Å². The van der Waals surface area contributed by atoms with Crippen LogP contribution in [0.2, 0.25) is 0 Å². The second-order valence-corrected chi connectivity index (χ2v) is 5.36. The van der Waals surface area contributed by atoms with Crippen LogP contribution in [0.15, 0.2) is 48.5 Å². The number of amides is 1. The molecule has 0 fully saturated rings. The summed E-state index contributed by atoms with van der Waals surface area (Å²) in [4.78, 5) is 14.2. The molecule has 0 N–H and O–H groups in total. The number of ether oxygens (including phenoxy) is 3. The van der Waals surface area contributed by atoms with Crippen molar-refractivity contribution in [2.75, 3.05) is 25.2 Å². The lowest BCUT2D eigenvalue weighted by Gasteiger charge is -2.33. The first-order valence-corrected chi connectivity index (χ1v) is 7.50. The van der Waals surface area contributed by atoms with E-state index in [1.807, 2.05) is 31.2 Å². The second kappa shape index (κ2) is 6.60. The van der Waals surface area contributed by atoms with Gasteiger partial charge >= 0.3 is 0 Å². The smallest absolute Gasteiger partial charge is 0.265 e. The van der Waals surface area contributed by atoms with Gasteiger partial charge in [-0.1, -0.05) is 12.1 Å². The van der Waals surface area contributed by atoms with Gasteiger partial charge in [0.1, 0.15) is 23.4 Å². The van der Waals surface area contributed by atoms with Crippen molar-refractivity contribution in [3.63, 3.8) is 0 Å². The molecule has 3 rings (SSSR count). The molecule has 0 spiro atoms. The van der Waals surface area contributed by atoms with E-state index in [9.17, 15) is 4.79 Å². The van der Waals surface area contributed by atoms with Gasteiger partial charge in [0.25, 0.3) is 5.91 Å². The average molecular weight is 313 g/mol. The van der Waals surface area contributed by atoms with Crippen LogP contribution in [-0.2, 0) is 4.79 Å². The zero-order valence-corrected chi connectivity index (χ0v) is 13.2. The van der Waals surface area contributed by atoms with Crippen LogP contribution in [0.3, 0.4) is 0 Å². The van der Waals surface area contributed by atoms with E-state index in [1.165, 1.54) is 0 Å². The molecule has 1 aliphatic rings. The third kappa shape index (κ3) is 3.39. The first-order valence-electron chi connectivity index (χ1n) is 7.50. The Hall–Kier alpha value is -2.69. The summed E-state index contributed by atoms with van der Waals surface area (Å²) in [6, 6.07) is 14.7. The third-order valence-corrected chi connectivity index (χ3v) is 3.65. The van der Waals surface area contributed by atoms with E-state index in [-0.39, 0.29) is 18.6 Å². The van der Waals surface area contributed by atoms with Crippen molar-refractivity contribution in [1.82, 2.24) is 0 Å². The maximum atomic E-state index is 12.5. The Kier molecular flexibility index (Phi) is 4.37. The molecule has 0 bridgehead atoms. The molecule has 0 radical (unpaired) electrons. The molecule has 1 atom stereocenters. The van der Waals surface area contributed by atoms with E-state index in [0.717, 1.165) is 17.2 Å². The quantitative estimate of drug-likeness (QED) is 0.871. The predicted octanol–water partition coefficient (Wildman–Crippen LogP) is 2.89. The standard InChI is InChI=1S/C18H19NO4/c1-13-11-19(16-5-3-4-6-17(16)23-13)18(20)12-22-15-9-7-14(21-2)8-10-15/h3-10,13H,11-12H2,1-2H3/t13-/m0/s1. The van der Waals surface area contributed by atoms with Crippen LogP contribution in [0, 0.1) is 0 Å². The molecule has 2 aromatic rings. The first-order chi connectivity index (χ1) is 11.2. The number of nitrogens with zero attached hydrogens (tertiary/aromatic N) is 1. The largest absolute Gasteiger partial charge is 0.497 e. The number of hydrogen-bond acceptors (Lipinski definition) is 4. The third-order valence-electron chi connectivity index (χ3n) is 3.65. The van der Waals surface area contributed by atoms with Gasteiger partial charge in [0.15, 0.2) is 6.61 Å². The van der Waals surface area contributed by atoms with Gasteiger partial charge in [-0.05, 0) is 43.3 Å². The summed E-state index contributed by atoms with van der Waals surface area (Å²) in [6.45, 7) is 2.44. The Morgan fingerprint density at radius 2 is 1.87 bits per heavy atom. The highest BCUT2D eigenvalue weighted by molar-refractivity contribution is 5.96. The van der Waals surface area contributed by atoms with Crippen molar-refractivity contribution in [1.29, 1.82) is 0 Å². The molecule has 1 heterocycles.